The first-order valence-electron chi connectivity index (χ1n) is 6.87. The average molecular weight is 255 g/mol. The van der Waals surface area contributed by atoms with E-state index in [4.69, 9.17) is 0 Å². The molecule has 1 aliphatic rings. The molecule has 0 bridgehead atoms. The lowest BCUT2D eigenvalue weighted by Gasteiger charge is -2.21. The molecule has 0 unspecified atom stereocenters. The van der Waals surface area contributed by atoms with Crippen LogP contribution in [0, 0.1) is 0 Å². The Labute approximate surface area is 115 Å². The van der Waals surface area contributed by atoms with Gasteiger partial charge in [0, 0.05) is 38.6 Å². The van der Waals surface area contributed by atoms with Gasteiger partial charge in [0.05, 0.1) is 0 Å². The number of hydrogen-bond donors (Lipinski definition) is 1. The van der Waals surface area contributed by atoms with Gasteiger partial charge in [-0.2, -0.15) is 0 Å². The first-order chi connectivity index (χ1) is 8.72. The van der Waals surface area contributed by atoms with Gasteiger partial charge < -0.3 is 10.2 Å². The molecule has 3 heteroatoms. The molecule has 0 atom stereocenters. The van der Waals surface area contributed by atoms with Crippen molar-refractivity contribution in [3.05, 3.63) is 25.4 Å². The van der Waals surface area contributed by atoms with E-state index >= 15 is 0 Å². The number of likely N-dealkylation sites (N-methyl/N-ethyl adjacent to an activating group) is 1. The zero-order valence-electron chi connectivity index (χ0n) is 13.1. The van der Waals surface area contributed by atoms with Gasteiger partial charge in [-0.15, -0.1) is 0 Å². The highest BCUT2D eigenvalue weighted by atomic mass is 15.2. The molecule has 1 saturated heterocycles. The molecule has 1 rings (SSSR count). The van der Waals surface area contributed by atoms with Gasteiger partial charge in [-0.25, -0.2) is 0 Å². The van der Waals surface area contributed by atoms with Crippen molar-refractivity contribution >= 4 is 6.21 Å². The quantitative estimate of drug-likeness (QED) is 0.766. The Morgan fingerprint density at radius 2 is 1.61 bits per heavy atom. The first-order valence-corrected chi connectivity index (χ1v) is 6.87. The predicted octanol–water partition coefficient (Wildman–Crippen LogP) is 3.35. The third kappa shape index (κ3) is 29.4. The zero-order valence-corrected chi connectivity index (χ0v) is 13.1. The van der Waals surface area contributed by atoms with Crippen molar-refractivity contribution in [2.45, 2.75) is 34.1 Å². The van der Waals surface area contributed by atoms with E-state index in [0.717, 1.165) is 13.1 Å². The summed E-state index contributed by atoms with van der Waals surface area (Å²) in [7, 11) is 2.15. The second kappa shape index (κ2) is 25.1. The average Bonchev–Trinajstić information content (AvgIpc) is 2.41. The molecule has 0 saturated carbocycles. The molecule has 1 fully saturated rings. The van der Waals surface area contributed by atoms with Gasteiger partial charge >= 0.3 is 0 Å². The van der Waals surface area contributed by atoms with Crippen LogP contribution in [0.2, 0.25) is 0 Å². The molecule has 0 aromatic carbocycles. The predicted molar refractivity (Wildman–Crippen MR) is 86.6 cm³/mol. The van der Waals surface area contributed by atoms with Crippen LogP contribution in [-0.4, -0.2) is 44.3 Å². The minimum Gasteiger partial charge on any atom is -0.314 e. The van der Waals surface area contributed by atoms with Crippen molar-refractivity contribution in [2.24, 2.45) is 4.99 Å². The van der Waals surface area contributed by atoms with E-state index in [2.05, 4.69) is 49.3 Å². The summed E-state index contributed by atoms with van der Waals surface area (Å²) in [5.74, 6) is 0. The van der Waals surface area contributed by atoms with Gasteiger partial charge in [-0.3, -0.25) is 4.99 Å². The van der Waals surface area contributed by atoms with E-state index in [1.54, 1.807) is 12.3 Å². The maximum atomic E-state index is 3.61. The largest absolute Gasteiger partial charge is 0.314 e. The highest BCUT2D eigenvalue weighted by Crippen LogP contribution is 1.83. The first kappa shape index (κ1) is 22.3. The summed E-state index contributed by atoms with van der Waals surface area (Å²) in [4.78, 5) is 5.94. The Kier molecular flexibility index (Phi) is 31.0. The Morgan fingerprint density at radius 3 is 1.78 bits per heavy atom. The SMILES string of the molecule is C=CC=NC=C.CC.CCC.CN1CCNCC1. The van der Waals surface area contributed by atoms with Crippen molar-refractivity contribution in [2.75, 3.05) is 33.2 Å². The van der Waals surface area contributed by atoms with Crippen LogP contribution in [0.15, 0.2) is 30.4 Å². The van der Waals surface area contributed by atoms with Crippen LogP contribution in [0.1, 0.15) is 34.1 Å². The van der Waals surface area contributed by atoms with Gasteiger partial charge in [0.1, 0.15) is 0 Å². The number of hydrogen-bond acceptors (Lipinski definition) is 3. The fourth-order valence-electron chi connectivity index (χ4n) is 0.898. The number of aliphatic imine (C=N–C) groups is 1. The Hall–Kier alpha value is -0.930. The van der Waals surface area contributed by atoms with E-state index in [1.165, 1.54) is 25.7 Å². The number of piperazine rings is 1. The fourth-order valence-corrected chi connectivity index (χ4v) is 0.898. The van der Waals surface area contributed by atoms with Crippen LogP contribution in [0.3, 0.4) is 0 Å². The highest BCUT2D eigenvalue weighted by molar-refractivity contribution is 5.70. The third-order valence-electron chi connectivity index (χ3n) is 1.64. The molecule has 0 aromatic heterocycles. The number of allylic oxidation sites excluding steroid dienone is 1. The minimum atomic E-state index is 1.16. The number of nitrogens with zero attached hydrogens (tertiary/aromatic N) is 2. The van der Waals surface area contributed by atoms with Gasteiger partial charge in [0.15, 0.2) is 0 Å². The van der Waals surface area contributed by atoms with E-state index in [9.17, 15) is 0 Å². The summed E-state index contributed by atoms with van der Waals surface area (Å²) in [5, 5.41) is 3.27. The molecule has 1 N–H and O–H groups in total. The second-order valence-corrected chi connectivity index (χ2v) is 3.48. The van der Waals surface area contributed by atoms with Crippen LogP contribution in [-0.2, 0) is 0 Å². The maximum Gasteiger partial charge on any atom is 0.0261 e. The Balaban J connectivity index is -0.000000187. The van der Waals surface area contributed by atoms with Crippen molar-refractivity contribution in [3.8, 4) is 0 Å². The van der Waals surface area contributed by atoms with Gasteiger partial charge in [-0.05, 0) is 7.05 Å². The van der Waals surface area contributed by atoms with Crippen LogP contribution in [0.4, 0.5) is 0 Å². The standard InChI is InChI=1S/C5H12N2.C5H7N.C3H8.C2H6/c1-7-4-2-6-3-5-7;1-3-5-6-4-2;1-3-2;1-2/h6H,2-5H2,1H3;3-5H,1-2H2;3H2,1-2H3;1-2H3. The van der Waals surface area contributed by atoms with Crippen LogP contribution < -0.4 is 5.32 Å². The molecular weight excluding hydrogens is 222 g/mol. The number of nitrogens with one attached hydrogen (secondary N) is 1. The van der Waals surface area contributed by atoms with Gasteiger partial charge in [-0.1, -0.05) is 53.3 Å². The molecule has 1 aliphatic heterocycles. The van der Waals surface area contributed by atoms with Crippen LogP contribution >= 0.6 is 0 Å². The molecule has 0 spiro atoms. The molecule has 1 heterocycles. The molecule has 18 heavy (non-hydrogen) atoms. The summed E-state index contributed by atoms with van der Waals surface area (Å²) < 4.78 is 0. The summed E-state index contributed by atoms with van der Waals surface area (Å²) in [6, 6.07) is 0. The summed E-state index contributed by atoms with van der Waals surface area (Å²) in [6.07, 6.45) is 5.89. The molecule has 0 radical (unpaired) electrons. The lowest BCUT2D eigenvalue weighted by atomic mass is 10.4. The smallest absolute Gasteiger partial charge is 0.0261 e. The van der Waals surface area contributed by atoms with E-state index in [-0.39, 0.29) is 0 Å². The molecule has 3 nitrogen and oxygen atoms in total. The summed E-state index contributed by atoms with van der Waals surface area (Å²) >= 11 is 0. The normalized spacial score (nSPS) is 14.1. The maximum absolute atomic E-state index is 3.61. The molecule has 0 amide bonds. The third-order valence-corrected chi connectivity index (χ3v) is 1.64. The summed E-state index contributed by atoms with van der Waals surface area (Å²) in [6.45, 7) is 19.7. The van der Waals surface area contributed by atoms with E-state index in [1.807, 2.05) is 13.8 Å². The monoisotopic (exact) mass is 255 g/mol. The fraction of sp³-hybridized carbons (Fsp3) is 0.667. The Bertz CT molecular complexity index is 161. The van der Waals surface area contributed by atoms with Crippen molar-refractivity contribution in [1.29, 1.82) is 0 Å². The van der Waals surface area contributed by atoms with Crippen molar-refractivity contribution in [3.63, 3.8) is 0 Å². The second-order valence-electron chi connectivity index (χ2n) is 3.48. The highest BCUT2D eigenvalue weighted by Gasteiger charge is 2.01. The van der Waals surface area contributed by atoms with Gasteiger partial charge in [0.25, 0.3) is 0 Å². The lowest BCUT2D eigenvalue weighted by Crippen LogP contribution is -2.40. The lowest BCUT2D eigenvalue weighted by molar-refractivity contribution is 0.291. The van der Waals surface area contributed by atoms with Crippen LogP contribution in [0.5, 0.6) is 0 Å². The molecule has 0 aromatic rings. The van der Waals surface area contributed by atoms with Gasteiger partial charge in [0.2, 0.25) is 0 Å². The molecule has 0 aliphatic carbocycles. The number of rotatable bonds is 2. The Morgan fingerprint density at radius 1 is 1.17 bits per heavy atom. The zero-order chi connectivity index (χ0) is 14.6. The summed E-state index contributed by atoms with van der Waals surface area (Å²) in [5.41, 5.74) is 0. The topological polar surface area (TPSA) is 27.6 Å². The van der Waals surface area contributed by atoms with Crippen molar-refractivity contribution < 1.29 is 0 Å². The van der Waals surface area contributed by atoms with Crippen LogP contribution in [0.25, 0.3) is 0 Å². The molecular formula is C15H33N3. The molecule has 108 valence electrons. The minimum absolute atomic E-state index is 1.16. The van der Waals surface area contributed by atoms with E-state index < -0.39 is 0 Å². The van der Waals surface area contributed by atoms with Crippen molar-refractivity contribution in [1.82, 2.24) is 10.2 Å². The van der Waals surface area contributed by atoms with E-state index in [0.29, 0.717) is 0 Å².